The summed E-state index contributed by atoms with van der Waals surface area (Å²) in [7, 11) is 0. The first kappa shape index (κ1) is 16.6. The van der Waals surface area contributed by atoms with E-state index in [1.807, 2.05) is 6.92 Å². The molecule has 0 fully saturated rings. The standard InChI is InChI=1S/C12H15ClF3N3O/c1-3-6(2)9(10(17)20)19-11-8(13)4-7(5-18-11)12(14,15)16/h4-6,9H,3H2,1-2H3,(H2,17,20)(H,18,19)/t6-,9+/m0/s1. The van der Waals surface area contributed by atoms with E-state index in [0.29, 0.717) is 12.6 Å². The van der Waals surface area contributed by atoms with Crippen LogP contribution >= 0.6 is 11.6 Å². The zero-order valence-electron chi connectivity index (χ0n) is 11.0. The van der Waals surface area contributed by atoms with Crippen molar-refractivity contribution in [3.05, 3.63) is 22.8 Å². The van der Waals surface area contributed by atoms with E-state index < -0.39 is 23.7 Å². The van der Waals surface area contributed by atoms with Gasteiger partial charge >= 0.3 is 6.18 Å². The molecule has 0 saturated carbocycles. The van der Waals surface area contributed by atoms with Crippen LogP contribution in [0, 0.1) is 5.92 Å². The van der Waals surface area contributed by atoms with Crippen molar-refractivity contribution in [3.8, 4) is 0 Å². The quantitative estimate of drug-likeness (QED) is 0.878. The van der Waals surface area contributed by atoms with Gasteiger partial charge in [0.1, 0.15) is 11.9 Å². The SMILES string of the molecule is CC[C@H](C)[C@@H](Nc1ncc(C(F)(F)F)cc1Cl)C(N)=O. The van der Waals surface area contributed by atoms with Crippen LogP contribution in [0.1, 0.15) is 25.8 Å². The second-order valence-electron chi connectivity index (χ2n) is 4.46. The summed E-state index contributed by atoms with van der Waals surface area (Å²) in [5, 5.41) is 2.48. The Morgan fingerprint density at radius 1 is 1.55 bits per heavy atom. The number of carbonyl (C=O) groups is 1. The van der Waals surface area contributed by atoms with Crippen molar-refractivity contribution in [2.75, 3.05) is 5.32 Å². The van der Waals surface area contributed by atoms with Crippen LogP contribution in [0.25, 0.3) is 0 Å². The zero-order valence-corrected chi connectivity index (χ0v) is 11.7. The third-order valence-corrected chi connectivity index (χ3v) is 3.27. The molecule has 0 aliphatic rings. The zero-order chi connectivity index (χ0) is 15.5. The summed E-state index contributed by atoms with van der Waals surface area (Å²) in [4.78, 5) is 15.0. The lowest BCUT2D eigenvalue weighted by molar-refractivity contribution is -0.137. The van der Waals surface area contributed by atoms with Crippen LogP contribution in [0.2, 0.25) is 5.02 Å². The number of primary amides is 1. The maximum Gasteiger partial charge on any atom is 0.417 e. The number of pyridine rings is 1. The number of halogens is 4. The molecule has 1 heterocycles. The lowest BCUT2D eigenvalue weighted by Gasteiger charge is -2.22. The second-order valence-corrected chi connectivity index (χ2v) is 4.87. The van der Waals surface area contributed by atoms with Crippen molar-refractivity contribution in [1.29, 1.82) is 0 Å². The van der Waals surface area contributed by atoms with Gasteiger partial charge in [-0.3, -0.25) is 4.79 Å². The molecule has 4 nitrogen and oxygen atoms in total. The topological polar surface area (TPSA) is 68.0 Å². The Kier molecular flexibility index (Phi) is 5.21. The van der Waals surface area contributed by atoms with Crippen LogP contribution in [0.4, 0.5) is 19.0 Å². The highest BCUT2D eigenvalue weighted by molar-refractivity contribution is 6.33. The van der Waals surface area contributed by atoms with Gasteiger partial charge in [0, 0.05) is 6.20 Å². The summed E-state index contributed by atoms with van der Waals surface area (Å²) in [5.74, 6) is -0.714. The van der Waals surface area contributed by atoms with Gasteiger partial charge in [0.25, 0.3) is 0 Å². The molecule has 1 aromatic heterocycles. The molecule has 112 valence electrons. The highest BCUT2D eigenvalue weighted by Crippen LogP contribution is 2.32. The number of nitrogens with zero attached hydrogens (tertiary/aromatic N) is 1. The monoisotopic (exact) mass is 309 g/mol. The van der Waals surface area contributed by atoms with E-state index in [-0.39, 0.29) is 16.8 Å². The van der Waals surface area contributed by atoms with E-state index in [2.05, 4.69) is 10.3 Å². The van der Waals surface area contributed by atoms with E-state index in [1.165, 1.54) is 0 Å². The molecule has 20 heavy (non-hydrogen) atoms. The van der Waals surface area contributed by atoms with Crippen molar-refractivity contribution in [3.63, 3.8) is 0 Å². The Bertz CT molecular complexity index is 493. The van der Waals surface area contributed by atoms with Gasteiger partial charge in [0.15, 0.2) is 0 Å². The van der Waals surface area contributed by atoms with Crippen LogP contribution < -0.4 is 11.1 Å². The highest BCUT2D eigenvalue weighted by Gasteiger charge is 2.32. The van der Waals surface area contributed by atoms with Gasteiger partial charge in [-0.2, -0.15) is 13.2 Å². The third kappa shape index (κ3) is 4.00. The van der Waals surface area contributed by atoms with Crippen molar-refractivity contribution in [2.24, 2.45) is 11.7 Å². The number of carbonyl (C=O) groups excluding carboxylic acids is 1. The summed E-state index contributed by atoms with van der Waals surface area (Å²) >= 11 is 5.75. The average molecular weight is 310 g/mol. The molecule has 1 aromatic rings. The van der Waals surface area contributed by atoms with E-state index in [9.17, 15) is 18.0 Å². The van der Waals surface area contributed by atoms with E-state index in [1.54, 1.807) is 6.92 Å². The number of anilines is 1. The first-order chi connectivity index (χ1) is 9.16. The second kappa shape index (κ2) is 6.30. The van der Waals surface area contributed by atoms with Crippen LogP contribution in [-0.2, 0) is 11.0 Å². The lowest BCUT2D eigenvalue weighted by atomic mass is 9.98. The molecule has 3 N–H and O–H groups in total. The predicted octanol–water partition coefficient (Wildman–Crippen LogP) is 3.07. The minimum atomic E-state index is -4.52. The van der Waals surface area contributed by atoms with Gasteiger partial charge in [-0.15, -0.1) is 0 Å². The molecule has 0 spiro atoms. The minimum Gasteiger partial charge on any atom is -0.368 e. The minimum absolute atomic E-state index is 0.00349. The molecule has 0 radical (unpaired) electrons. The fourth-order valence-electron chi connectivity index (χ4n) is 1.58. The summed E-state index contributed by atoms with van der Waals surface area (Å²) in [5.41, 5.74) is 4.31. The van der Waals surface area contributed by atoms with Crippen molar-refractivity contribution in [1.82, 2.24) is 4.98 Å². The molecule has 1 rings (SSSR count). The number of nitrogens with one attached hydrogen (secondary N) is 1. The maximum absolute atomic E-state index is 12.5. The third-order valence-electron chi connectivity index (χ3n) is 2.98. The summed E-state index contributed by atoms with van der Waals surface area (Å²) in [6.45, 7) is 3.66. The summed E-state index contributed by atoms with van der Waals surface area (Å²) in [6, 6.07) is 0.00712. The van der Waals surface area contributed by atoms with Crippen molar-refractivity contribution in [2.45, 2.75) is 32.5 Å². The Labute approximate surface area is 119 Å². The lowest BCUT2D eigenvalue weighted by Crippen LogP contribution is -2.40. The Hall–Kier alpha value is -1.50. The van der Waals surface area contributed by atoms with Gasteiger partial charge in [0.05, 0.1) is 10.6 Å². The molecule has 0 aliphatic carbocycles. The van der Waals surface area contributed by atoms with Crippen LogP contribution in [-0.4, -0.2) is 16.9 Å². The van der Waals surface area contributed by atoms with Crippen LogP contribution in [0.3, 0.4) is 0 Å². The van der Waals surface area contributed by atoms with E-state index in [4.69, 9.17) is 17.3 Å². The number of hydrogen-bond donors (Lipinski definition) is 2. The molecule has 0 bridgehead atoms. The molecule has 0 unspecified atom stereocenters. The van der Waals surface area contributed by atoms with E-state index >= 15 is 0 Å². The fraction of sp³-hybridized carbons (Fsp3) is 0.500. The Morgan fingerprint density at radius 3 is 2.55 bits per heavy atom. The number of nitrogens with two attached hydrogens (primary N) is 1. The van der Waals surface area contributed by atoms with Gasteiger partial charge < -0.3 is 11.1 Å². The summed E-state index contributed by atoms with van der Waals surface area (Å²) in [6.07, 6.45) is -3.20. The number of aromatic nitrogens is 1. The first-order valence-electron chi connectivity index (χ1n) is 5.95. The molecule has 1 amide bonds. The fourth-order valence-corrected chi connectivity index (χ4v) is 1.80. The largest absolute Gasteiger partial charge is 0.417 e. The predicted molar refractivity (Wildman–Crippen MR) is 70.3 cm³/mol. The molecule has 8 heteroatoms. The summed E-state index contributed by atoms with van der Waals surface area (Å²) < 4.78 is 37.4. The first-order valence-corrected chi connectivity index (χ1v) is 6.33. The molecular weight excluding hydrogens is 295 g/mol. The van der Waals surface area contributed by atoms with Crippen LogP contribution in [0.15, 0.2) is 12.3 Å². The Balaban J connectivity index is 3.00. The number of hydrogen-bond acceptors (Lipinski definition) is 3. The number of amides is 1. The molecule has 0 aromatic carbocycles. The van der Waals surface area contributed by atoms with Gasteiger partial charge in [0.2, 0.25) is 5.91 Å². The molecular formula is C12H15ClF3N3O. The van der Waals surface area contributed by atoms with E-state index in [0.717, 1.165) is 6.07 Å². The smallest absolute Gasteiger partial charge is 0.368 e. The molecule has 2 atom stereocenters. The highest BCUT2D eigenvalue weighted by atomic mass is 35.5. The average Bonchev–Trinajstić information content (AvgIpc) is 2.34. The van der Waals surface area contributed by atoms with Gasteiger partial charge in [-0.1, -0.05) is 31.9 Å². The van der Waals surface area contributed by atoms with Gasteiger partial charge in [-0.05, 0) is 12.0 Å². The van der Waals surface area contributed by atoms with Crippen molar-refractivity contribution >= 4 is 23.3 Å². The van der Waals surface area contributed by atoms with Gasteiger partial charge in [-0.25, -0.2) is 4.98 Å². The molecule has 0 aliphatic heterocycles. The van der Waals surface area contributed by atoms with Crippen molar-refractivity contribution < 1.29 is 18.0 Å². The number of rotatable bonds is 5. The maximum atomic E-state index is 12.5. The Morgan fingerprint density at radius 2 is 2.15 bits per heavy atom. The molecule has 0 saturated heterocycles. The normalized spacial score (nSPS) is 14.7. The number of alkyl halides is 3. The van der Waals surface area contributed by atoms with Crippen LogP contribution in [0.5, 0.6) is 0 Å².